The Labute approximate surface area is 110 Å². The average molecular weight is 288 g/mol. The van der Waals surface area contributed by atoms with Gasteiger partial charge in [-0.3, -0.25) is 5.10 Å². The van der Waals surface area contributed by atoms with Gasteiger partial charge in [0.15, 0.2) is 0 Å². The van der Waals surface area contributed by atoms with E-state index < -0.39 is 21.0 Å². The minimum absolute atomic E-state index is 0.235. The third kappa shape index (κ3) is 2.62. The fourth-order valence-electron chi connectivity index (χ4n) is 2.03. The van der Waals surface area contributed by atoms with Gasteiger partial charge in [0.1, 0.15) is 5.56 Å². The van der Waals surface area contributed by atoms with E-state index in [0.29, 0.717) is 26.1 Å². The summed E-state index contributed by atoms with van der Waals surface area (Å²) >= 11 is 0. The molecule has 0 atom stereocenters. The zero-order valence-corrected chi connectivity index (χ0v) is 11.3. The molecule has 2 rings (SSSR count). The first-order valence-electron chi connectivity index (χ1n) is 5.93. The van der Waals surface area contributed by atoms with Crippen molar-refractivity contribution in [2.75, 3.05) is 26.2 Å². The molecule has 1 aromatic heterocycles. The molecular formula is C10H16N4O4S. The zero-order chi connectivity index (χ0) is 14.0. The molecule has 0 aliphatic carbocycles. The van der Waals surface area contributed by atoms with Crippen LogP contribution >= 0.6 is 0 Å². The summed E-state index contributed by atoms with van der Waals surface area (Å²) in [5, 5.41) is 17.9. The topological polar surface area (TPSA) is 115 Å². The van der Waals surface area contributed by atoms with Crippen molar-refractivity contribution in [2.45, 2.75) is 18.4 Å². The first kappa shape index (κ1) is 14.0. The van der Waals surface area contributed by atoms with Crippen molar-refractivity contribution in [3.05, 3.63) is 11.3 Å². The van der Waals surface area contributed by atoms with Crippen LogP contribution < -0.4 is 5.32 Å². The summed E-state index contributed by atoms with van der Waals surface area (Å²) in [6.45, 7) is 3.45. The highest BCUT2D eigenvalue weighted by Crippen LogP contribution is 2.20. The smallest absolute Gasteiger partial charge is 0.340 e. The fourth-order valence-corrected chi connectivity index (χ4v) is 3.63. The van der Waals surface area contributed by atoms with Gasteiger partial charge in [-0.2, -0.15) is 9.40 Å². The molecular weight excluding hydrogens is 272 g/mol. The number of H-pyrrole nitrogens is 1. The van der Waals surface area contributed by atoms with E-state index in [1.165, 1.54) is 11.2 Å². The molecule has 2 heterocycles. The van der Waals surface area contributed by atoms with Gasteiger partial charge in [0.05, 0.1) is 0 Å². The van der Waals surface area contributed by atoms with Gasteiger partial charge in [-0.1, -0.05) is 0 Å². The van der Waals surface area contributed by atoms with Crippen molar-refractivity contribution < 1.29 is 18.3 Å². The van der Waals surface area contributed by atoms with Gasteiger partial charge in [0, 0.05) is 25.3 Å². The van der Waals surface area contributed by atoms with E-state index >= 15 is 0 Å². The Balaban J connectivity index is 2.41. The lowest BCUT2D eigenvalue weighted by molar-refractivity contribution is 0.0691. The Kier molecular flexibility index (Phi) is 3.88. The van der Waals surface area contributed by atoms with E-state index in [9.17, 15) is 13.2 Å². The van der Waals surface area contributed by atoms with Gasteiger partial charge in [-0.15, -0.1) is 0 Å². The molecule has 0 amide bonds. The van der Waals surface area contributed by atoms with E-state index in [2.05, 4.69) is 15.5 Å². The highest BCUT2D eigenvalue weighted by molar-refractivity contribution is 7.89. The predicted molar refractivity (Wildman–Crippen MR) is 66.5 cm³/mol. The van der Waals surface area contributed by atoms with E-state index in [-0.39, 0.29) is 11.3 Å². The van der Waals surface area contributed by atoms with Gasteiger partial charge >= 0.3 is 5.97 Å². The molecule has 3 N–H and O–H groups in total. The number of aromatic amines is 1. The molecule has 1 aromatic rings. The lowest BCUT2D eigenvalue weighted by Gasteiger charge is -2.18. The van der Waals surface area contributed by atoms with Crippen LogP contribution in [0.25, 0.3) is 0 Å². The third-order valence-electron chi connectivity index (χ3n) is 3.01. The van der Waals surface area contributed by atoms with Crippen LogP contribution in [0.2, 0.25) is 0 Å². The summed E-state index contributed by atoms with van der Waals surface area (Å²) in [5.74, 6) is -1.29. The number of sulfonamides is 1. The molecule has 0 unspecified atom stereocenters. The molecule has 0 radical (unpaired) electrons. The van der Waals surface area contributed by atoms with E-state index in [1.807, 2.05) is 0 Å². The lowest BCUT2D eigenvalue weighted by Crippen LogP contribution is -2.35. The van der Waals surface area contributed by atoms with Crippen LogP contribution in [0.15, 0.2) is 5.03 Å². The van der Waals surface area contributed by atoms with Crippen LogP contribution in [0.4, 0.5) is 0 Å². The molecule has 0 saturated carbocycles. The molecule has 0 aromatic carbocycles. The third-order valence-corrected chi connectivity index (χ3v) is 4.84. The number of nitrogens with zero attached hydrogens (tertiary/aromatic N) is 2. The van der Waals surface area contributed by atoms with Crippen molar-refractivity contribution in [1.82, 2.24) is 19.8 Å². The van der Waals surface area contributed by atoms with Crippen molar-refractivity contribution in [3.8, 4) is 0 Å². The number of carboxylic acids is 1. The maximum absolute atomic E-state index is 12.4. The van der Waals surface area contributed by atoms with Crippen LogP contribution in [-0.4, -0.2) is 60.2 Å². The Morgan fingerprint density at radius 1 is 1.37 bits per heavy atom. The lowest BCUT2D eigenvalue weighted by atomic mass is 10.3. The number of carbonyl (C=O) groups is 1. The second kappa shape index (κ2) is 5.27. The van der Waals surface area contributed by atoms with Crippen molar-refractivity contribution in [2.24, 2.45) is 0 Å². The standard InChI is InChI=1S/C10H16N4O4S/c1-7-8(10(15)16)9(13-12-7)19(17,18)14-5-2-3-11-4-6-14/h11H,2-6H2,1H3,(H,12,13)(H,15,16). The van der Waals surface area contributed by atoms with Crippen LogP contribution in [-0.2, 0) is 10.0 Å². The van der Waals surface area contributed by atoms with Crippen LogP contribution in [0.3, 0.4) is 0 Å². The average Bonchev–Trinajstić information content (AvgIpc) is 2.58. The number of rotatable bonds is 3. The first-order chi connectivity index (χ1) is 8.94. The molecule has 1 aliphatic heterocycles. The van der Waals surface area contributed by atoms with Crippen molar-refractivity contribution >= 4 is 16.0 Å². The molecule has 19 heavy (non-hydrogen) atoms. The SMILES string of the molecule is Cc1[nH]nc(S(=O)(=O)N2CCCNCC2)c1C(=O)O. The second-order valence-corrected chi connectivity index (χ2v) is 6.19. The quantitative estimate of drug-likeness (QED) is 0.684. The molecule has 1 fully saturated rings. The molecule has 0 spiro atoms. The molecule has 8 nitrogen and oxygen atoms in total. The second-order valence-electron chi connectivity index (χ2n) is 4.34. The van der Waals surface area contributed by atoms with Gasteiger partial charge < -0.3 is 10.4 Å². The summed E-state index contributed by atoms with van der Waals surface area (Å²) in [6.07, 6.45) is 0.686. The number of aromatic carboxylic acids is 1. The minimum atomic E-state index is -3.87. The molecule has 0 bridgehead atoms. The number of hydrogen-bond donors (Lipinski definition) is 3. The monoisotopic (exact) mass is 288 g/mol. The first-order valence-corrected chi connectivity index (χ1v) is 7.37. The number of aromatic nitrogens is 2. The Morgan fingerprint density at radius 2 is 2.11 bits per heavy atom. The van der Waals surface area contributed by atoms with E-state index in [0.717, 1.165) is 6.54 Å². The van der Waals surface area contributed by atoms with E-state index in [1.54, 1.807) is 0 Å². The summed E-state index contributed by atoms with van der Waals surface area (Å²) in [4.78, 5) is 11.1. The maximum atomic E-state index is 12.4. The van der Waals surface area contributed by atoms with Gasteiger partial charge in [0.2, 0.25) is 5.03 Å². The minimum Gasteiger partial charge on any atom is -0.478 e. The van der Waals surface area contributed by atoms with Crippen LogP contribution in [0.1, 0.15) is 22.5 Å². The summed E-state index contributed by atoms with van der Waals surface area (Å²) < 4.78 is 26.1. The number of nitrogens with one attached hydrogen (secondary N) is 2. The van der Waals surface area contributed by atoms with E-state index in [4.69, 9.17) is 5.11 Å². The summed E-state index contributed by atoms with van der Waals surface area (Å²) in [6, 6.07) is 0. The van der Waals surface area contributed by atoms with Gasteiger partial charge in [0.25, 0.3) is 10.0 Å². The normalized spacial score (nSPS) is 18.2. The van der Waals surface area contributed by atoms with Gasteiger partial charge in [-0.05, 0) is 19.9 Å². The number of hydrogen-bond acceptors (Lipinski definition) is 5. The Hall–Kier alpha value is -1.45. The molecule has 106 valence electrons. The summed E-state index contributed by atoms with van der Waals surface area (Å²) in [5.41, 5.74) is -0.0452. The maximum Gasteiger partial charge on any atom is 0.340 e. The fraction of sp³-hybridized carbons (Fsp3) is 0.600. The van der Waals surface area contributed by atoms with Crippen molar-refractivity contribution in [1.29, 1.82) is 0 Å². The predicted octanol–water partition coefficient (Wildman–Crippen LogP) is -0.600. The number of carboxylic acid groups (broad SMARTS) is 1. The largest absolute Gasteiger partial charge is 0.478 e. The molecule has 1 saturated heterocycles. The number of aryl methyl sites for hydroxylation is 1. The van der Waals surface area contributed by atoms with Crippen LogP contribution in [0.5, 0.6) is 0 Å². The Bertz CT molecular complexity index is 572. The Morgan fingerprint density at radius 3 is 2.79 bits per heavy atom. The molecule has 1 aliphatic rings. The van der Waals surface area contributed by atoms with Crippen LogP contribution in [0, 0.1) is 6.92 Å². The van der Waals surface area contributed by atoms with Gasteiger partial charge in [-0.25, -0.2) is 13.2 Å². The van der Waals surface area contributed by atoms with Crippen molar-refractivity contribution in [3.63, 3.8) is 0 Å². The summed E-state index contributed by atoms with van der Waals surface area (Å²) in [7, 11) is -3.87. The highest BCUT2D eigenvalue weighted by atomic mass is 32.2. The molecule has 9 heteroatoms. The zero-order valence-electron chi connectivity index (χ0n) is 10.5. The highest BCUT2D eigenvalue weighted by Gasteiger charge is 2.33.